The number of nitrogens with zero attached hydrogens (tertiary/aromatic N) is 1. The van der Waals surface area contributed by atoms with Crippen LogP contribution in [0, 0.1) is 19.3 Å². The second-order valence-electron chi connectivity index (χ2n) is 8.59. The van der Waals surface area contributed by atoms with Gasteiger partial charge < -0.3 is 21.0 Å². The lowest BCUT2D eigenvalue weighted by Gasteiger charge is -2.19. The van der Waals surface area contributed by atoms with Crippen LogP contribution in [0.1, 0.15) is 54.3 Å². The molecule has 0 saturated carbocycles. The molecule has 2 heterocycles. The number of anilines is 1. The van der Waals surface area contributed by atoms with Gasteiger partial charge in [-0.05, 0) is 63.4 Å². The van der Waals surface area contributed by atoms with Crippen LogP contribution in [0.4, 0.5) is 5.82 Å². The fourth-order valence-electron chi connectivity index (χ4n) is 3.82. The first-order valence-electron chi connectivity index (χ1n) is 11.3. The average molecular weight is 444 g/mol. The van der Waals surface area contributed by atoms with Gasteiger partial charge in [0, 0.05) is 52.4 Å². The Labute approximate surface area is 195 Å². The maximum absolute atomic E-state index is 12.4. The number of pyridine rings is 2. The van der Waals surface area contributed by atoms with E-state index in [1.165, 1.54) is 11.8 Å². The largest absolute Gasteiger partial charge is 0.381 e. The second kappa shape index (κ2) is 10.3. The summed E-state index contributed by atoms with van der Waals surface area (Å²) in [5.74, 6) is 0.640. The maximum atomic E-state index is 12.4. The van der Waals surface area contributed by atoms with Gasteiger partial charge in [0.05, 0.1) is 5.69 Å². The van der Waals surface area contributed by atoms with Gasteiger partial charge in [0.1, 0.15) is 5.82 Å². The molecule has 0 spiro atoms. The summed E-state index contributed by atoms with van der Waals surface area (Å²) >= 11 is 0. The summed E-state index contributed by atoms with van der Waals surface area (Å²) < 4.78 is 0. The molecule has 6 nitrogen and oxygen atoms in total. The SMILES string of the molecule is C=C(NCc1c(C)cc(C)[nH]c1=O)c1cc(-c2cccc(CC)c2)nc(NC(C)C)c1C=N. The highest BCUT2D eigenvalue weighted by atomic mass is 16.1. The number of H-pyrrole nitrogens is 1. The molecule has 0 saturated heterocycles. The highest BCUT2D eigenvalue weighted by molar-refractivity contribution is 5.93. The van der Waals surface area contributed by atoms with E-state index < -0.39 is 0 Å². The molecule has 1 aromatic carbocycles. The first-order valence-corrected chi connectivity index (χ1v) is 11.3. The quantitative estimate of drug-likeness (QED) is 0.342. The van der Waals surface area contributed by atoms with Gasteiger partial charge in [-0.2, -0.15) is 0 Å². The van der Waals surface area contributed by atoms with E-state index in [0.717, 1.165) is 34.5 Å². The minimum Gasteiger partial charge on any atom is -0.381 e. The van der Waals surface area contributed by atoms with Crippen LogP contribution in [0.3, 0.4) is 0 Å². The highest BCUT2D eigenvalue weighted by Crippen LogP contribution is 2.29. The van der Waals surface area contributed by atoms with Crippen molar-refractivity contribution in [1.82, 2.24) is 15.3 Å². The Hall–Kier alpha value is -3.67. The summed E-state index contributed by atoms with van der Waals surface area (Å²) in [6.07, 6.45) is 2.24. The van der Waals surface area contributed by atoms with E-state index >= 15 is 0 Å². The minimum absolute atomic E-state index is 0.103. The first kappa shape index (κ1) is 24.0. The van der Waals surface area contributed by atoms with Crippen LogP contribution in [0.5, 0.6) is 0 Å². The third-order valence-electron chi connectivity index (χ3n) is 5.56. The summed E-state index contributed by atoms with van der Waals surface area (Å²) in [4.78, 5) is 20.1. The van der Waals surface area contributed by atoms with Crippen LogP contribution < -0.4 is 16.2 Å². The number of hydrogen-bond acceptors (Lipinski definition) is 5. The molecule has 3 rings (SSSR count). The van der Waals surface area contributed by atoms with Crippen LogP contribution in [0.25, 0.3) is 17.0 Å². The third kappa shape index (κ3) is 5.58. The molecule has 172 valence electrons. The van der Waals surface area contributed by atoms with Crippen molar-refractivity contribution in [3.63, 3.8) is 0 Å². The molecule has 3 aromatic rings. The molecule has 0 aliphatic carbocycles. The van der Waals surface area contributed by atoms with Crippen molar-refractivity contribution in [2.24, 2.45) is 0 Å². The van der Waals surface area contributed by atoms with Crippen molar-refractivity contribution < 1.29 is 0 Å². The van der Waals surface area contributed by atoms with Crippen molar-refractivity contribution in [2.75, 3.05) is 5.32 Å². The zero-order valence-corrected chi connectivity index (χ0v) is 20.1. The van der Waals surface area contributed by atoms with Gasteiger partial charge in [0.25, 0.3) is 5.56 Å². The maximum Gasteiger partial charge on any atom is 0.253 e. The van der Waals surface area contributed by atoms with Gasteiger partial charge in [0.2, 0.25) is 0 Å². The smallest absolute Gasteiger partial charge is 0.253 e. The Balaban J connectivity index is 2.04. The molecule has 0 unspecified atom stereocenters. The predicted molar refractivity (Wildman–Crippen MR) is 138 cm³/mol. The normalized spacial score (nSPS) is 10.8. The lowest BCUT2D eigenvalue weighted by atomic mass is 10.0. The summed E-state index contributed by atoms with van der Waals surface area (Å²) in [7, 11) is 0. The Morgan fingerprint density at radius 1 is 1.24 bits per heavy atom. The Morgan fingerprint density at radius 3 is 2.64 bits per heavy atom. The molecule has 4 N–H and O–H groups in total. The molecule has 0 bridgehead atoms. The third-order valence-corrected chi connectivity index (χ3v) is 5.56. The van der Waals surface area contributed by atoms with E-state index in [1.807, 2.05) is 52.0 Å². The fraction of sp³-hybridized carbons (Fsp3) is 0.296. The zero-order chi connectivity index (χ0) is 24.1. The number of aromatic nitrogens is 2. The van der Waals surface area contributed by atoms with E-state index in [0.29, 0.717) is 29.2 Å². The molecule has 0 atom stereocenters. The fourth-order valence-corrected chi connectivity index (χ4v) is 3.82. The van der Waals surface area contributed by atoms with Crippen LogP contribution in [0.15, 0.2) is 47.8 Å². The van der Waals surface area contributed by atoms with Gasteiger partial charge in [0.15, 0.2) is 0 Å². The number of aryl methyl sites for hydroxylation is 3. The van der Waals surface area contributed by atoms with E-state index in [2.05, 4.69) is 41.3 Å². The van der Waals surface area contributed by atoms with Crippen molar-refractivity contribution >= 4 is 17.7 Å². The van der Waals surface area contributed by atoms with Crippen LogP contribution in [0.2, 0.25) is 0 Å². The lowest BCUT2D eigenvalue weighted by molar-refractivity contribution is 0.856. The number of benzene rings is 1. The summed E-state index contributed by atoms with van der Waals surface area (Å²) in [5, 5.41) is 14.7. The summed E-state index contributed by atoms with van der Waals surface area (Å²) in [6, 6.07) is 12.4. The summed E-state index contributed by atoms with van der Waals surface area (Å²) in [6.45, 7) is 14.6. The molecule has 6 heteroatoms. The van der Waals surface area contributed by atoms with Gasteiger partial charge >= 0.3 is 0 Å². The number of aromatic amines is 1. The molecule has 0 fully saturated rings. The monoisotopic (exact) mass is 443 g/mol. The Kier molecular flexibility index (Phi) is 7.48. The molecular weight excluding hydrogens is 410 g/mol. The van der Waals surface area contributed by atoms with Gasteiger partial charge in [-0.15, -0.1) is 0 Å². The van der Waals surface area contributed by atoms with Gasteiger partial charge in [-0.25, -0.2) is 4.98 Å². The lowest BCUT2D eigenvalue weighted by Crippen LogP contribution is -2.23. The molecule has 2 aromatic heterocycles. The van der Waals surface area contributed by atoms with Gasteiger partial charge in [-0.1, -0.05) is 31.7 Å². The molecule has 0 aliphatic heterocycles. The average Bonchev–Trinajstić information content (AvgIpc) is 2.77. The standard InChI is InChI=1S/C27H33N5O/c1-7-20-9-8-10-21(12-20)25-13-22(23(14-28)26(32-25)30-16(2)3)19(6)29-15-24-17(4)11-18(5)31-27(24)33/h8-14,16,28-29H,6-7,15H2,1-5H3,(H,30,32)(H,31,33). The van der Waals surface area contributed by atoms with Crippen molar-refractivity contribution in [2.45, 2.75) is 53.6 Å². The molecule has 0 aliphatic rings. The van der Waals surface area contributed by atoms with E-state index in [-0.39, 0.29) is 11.6 Å². The van der Waals surface area contributed by atoms with Crippen LogP contribution in [-0.4, -0.2) is 22.2 Å². The van der Waals surface area contributed by atoms with Crippen LogP contribution in [-0.2, 0) is 13.0 Å². The van der Waals surface area contributed by atoms with Gasteiger partial charge in [-0.3, -0.25) is 4.79 Å². The van der Waals surface area contributed by atoms with Crippen LogP contribution >= 0.6 is 0 Å². The summed E-state index contributed by atoms with van der Waals surface area (Å²) in [5.41, 5.74) is 7.46. The highest BCUT2D eigenvalue weighted by Gasteiger charge is 2.16. The number of rotatable bonds is 9. The molecule has 0 radical (unpaired) electrons. The van der Waals surface area contributed by atoms with Crippen molar-refractivity contribution in [3.8, 4) is 11.3 Å². The number of hydrogen-bond donors (Lipinski definition) is 4. The second-order valence-corrected chi connectivity index (χ2v) is 8.59. The molecular formula is C27H33N5O. The predicted octanol–water partition coefficient (Wildman–Crippen LogP) is 5.19. The number of nitrogens with one attached hydrogen (secondary N) is 4. The molecule has 33 heavy (non-hydrogen) atoms. The topological polar surface area (TPSA) is 93.7 Å². The van der Waals surface area contributed by atoms with E-state index in [1.54, 1.807) is 0 Å². The Morgan fingerprint density at radius 2 is 2.00 bits per heavy atom. The van der Waals surface area contributed by atoms with E-state index in [9.17, 15) is 4.79 Å². The Bertz CT molecular complexity index is 1240. The zero-order valence-electron chi connectivity index (χ0n) is 20.1. The van der Waals surface area contributed by atoms with Crippen molar-refractivity contribution in [3.05, 3.63) is 86.8 Å². The van der Waals surface area contributed by atoms with Crippen molar-refractivity contribution in [1.29, 1.82) is 5.41 Å². The molecule has 0 amide bonds. The minimum atomic E-state index is -0.103. The van der Waals surface area contributed by atoms with E-state index in [4.69, 9.17) is 10.4 Å². The first-order chi connectivity index (χ1) is 15.7.